The Hall–Kier alpha value is -1.55. The fourth-order valence-corrected chi connectivity index (χ4v) is 2.97. The number of nitrogens with zero attached hydrogens (tertiary/aromatic N) is 1. The van der Waals surface area contributed by atoms with Crippen LogP contribution in [0.5, 0.6) is 0 Å². The third kappa shape index (κ3) is 3.56. The topological polar surface area (TPSA) is 52.6 Å². The van der Waals surface area contributed by atoms with Gasteiger partial charge >= 0.3 is 0 Å². The quantitative estimate of drug-likeness (QED) is 0.810. The number of rotatable bonds is 7. The van der Waals surface area contributed by atoms with Crippen LogP contribution < -0.4 is 5.32 Å². The summed E-state index contributed by atoms with van der Waals surface area (Å²) in [5.41, 5.74) is 1.75. The summed E-state index contributed by atoms with van der Waals surface area (Å²) in [6.45, 7) is 2.55. The van der Waals surface area contributed by atoms with E-state index in [1.807, 2.05) is 24.3 Å². The van der Waals surface area contributed by atoms with Gasteiger partial charge in [0.05, 0.1) is 13.2 Å². The molecule has 0 radical (unpaired) electrons. The van der Waals surface area contributed by atoms with Gasteiger partial charge < -0.3 is 15.3 Å². The maximum absolute atomic E-state index is 12.5. The lowest BCUT2D eigenvalue weighted by molar-refractivity contribution is -0.132. The third-order valence-corrected chi connectivity index (χ3v) is 4.52. The summed E-state index contributed by atoms with van der Waals surface area (Å²) < 4.78 is 0. The summed E-state index contributed by atoms with van der Waals surface area (Å²) in [6, 6.07) is 8.44. The molecule has 0 bridgehead atoms. The van der Waals surface area contributed by atoms with E-state index in [1.165, 1.54) is 12.8 Å². The highest BCUT2D eigenvalue weighted by Gasteiger charge is 2.41. The molecule has 2 fully saturated rings. The predicted molar refractivity (Wildman–Crippen MR) is 82.9 cm³/mol. The van der Waals surface area contributed by atoms with Crippen LogP contribution in [0.3, 0.4) is 0 Å². The van der Waals surface area contributed by atoms with Gasteiger partial charge in [0.1, 0.15) is 0 Å². The first-order valence-corrected chi connectivity index (χ1v) is 7.94. The molecule has 0 aliphatic heterocycles. The molecule has 0 spiro atoms. The summed E-state index contributed by atoms with van der Waals surface area (Å²) in [6.07, 6.45) is 4.85. The predicted octanol–water partition coefficient (Wildman–Crippen LogP) is 2.38. The van der Waals surface area contributed by atoms with E-state index in [2.05, 4.69) is 17.1 Å². The van der Waals surface area contributed by atoms with Crippen molar-refractivity contribution in [2.45, 2.75) is 51.3 Å². The number of carbonyl (C=O) groups is 1. The number of benzene rings is 1. The molecule has 3 rings (SSSR count). The zero-order valence-electron chi connectivity index (χ0n) is 12.6. The molecule has 2 aliphatic rings. The van der Waals surface area contributed by atoms with Crippen LogP contribution >= 0.6 is 0 Å². The van der Waals surface area contributed by atoms with Crippen LogP contribution in [0.1, 0.15) is 38.2 Å². The molecule has 1 amide bonds. The van der Waals surface area contributed by atoms with E-state index in [0.29, 0.717) is 24.5 Å². The lowest BCUT2D eigenvalue weighted by Crippen LogP contribution is -2.44. The first-order chi connectivity index (χ1) is 10.2. The van der Waals surface area contributed by atoms with Gasteiger partial charge in [0.2, 0.25) is 5.91 Å². The van der Waals surface area contributed by atoms with Gasteiger partial charge in [0.25, 0.3) is 0 Å². The Kier molecular flexibility index (Phi) is 4.15. The molecule has 0 saturated heterocycles. The second-order valence-corrected chi connectivity index (χ2v) is 6.32. The molecular formula is C17H24N2O2. The van der Waals surface area contributed by atoms with Crippen molar-refractivity contribution >= 4 is 11.6 Å². The molecule has 4 nitrogen and oxygen atoms in total. The zero-order valence-corrected chi connectivity index (χ0v) is 12.6. The highest BCUT2D eigenvalue weighted by Crippen LogP contribution is 2.39. The van der Waals surface area contributed by atoms with Crippen molar-refractivity contribution in [1.29, 1.82) is 0 Å². The maximum Gasteiger partial charge on any atom is 0.242 e. The van der Waals surface area contributed by atoms with Crippen LogP contribution in [-0.4, -0.2) is 34.5 Å². The minimum absolute atomic E-state index is 0.0242. The molecule has 1 aromatic carbocycles. The molecular weight excluding hydrogens is 264 g/mol. The van der Waals surface area contributed by atoms with Gasteiger partial charge in [-0.1, -0.05) is 12.1 Å². The van der Waals surface area contributed by atoms with Crippen molar-refractivity contribution < 1.29 is 9.90 Å². The van der Waals surface area contributed by atoms with E-state index in [0.717, 1.165) is 24.1 Å². The normalized spacial score (nSPS) is 19.1. The lowest BCUT2D eigenvalue weighted by atomic mass is 10.1. The lowest BCUT2D eigenvalue weighted by Gasteiger charge is -2.30. The number of hydrogen-bond acceptors (Lipinski definition) is 3. The zero-order chi connectivity index (χ0) is 14.8. The monoisotopic (exact) mass is 288 g/mol. The van der Waals surface area contributed by atoms with Gasteiger partial charge in [-0.3, -0.25) is 4.79 Å². The smallest absolute Gasteiger partial charge is 0.242 e. The third-order valence-electron chi connectivity index (χ3n) is 4.52. The van der Waals surface area contributed by atoms with Gasteiger partial charge in [-0.05, 0) is 56.2 Å². The molecule has 1 atom stereocenters. The van der Waals surface area contributed by atoms with Crippen LogP contribution in [0.25, 0.3) is 0 Å². The Bertz CT molecular complexity index is 509. The Morgan fingerprint density at radius 3 is 2.76 bits per heavy atom. The van der Waals surface area contributed by atoms with Crippen molar-refractivity contribution in [1.82, 2.24) is 4.90 Å². The molecule has 4 heteroatoms. The van der Waals surface area contributed by atoms with Gasteiger partial charge in [0, 0.05) is 17.8 Å². The Labute approximate surface area is 126 Å². The minimum atomic E-state index is 0.0242. The summed E-state index contributed by atoms with van der Waals surface area (Å²) in [5.74, 6) is 0.915. The van der Waals surface area contributed by atoms with Gasteiger partial charge in [0.15, 0.2) is 0 Å². The Balaban J connectivity index is 1.58. The number of aliphatic hydroxyl groups excluding tert-OH is 1. The van der Waals surface area contributed by atoms with Gasteiger partial charge in [-0.2, -0.15) is 0 Å². The number of hydrogen-bond donors (Lipinski definition) is 2. The molecule has 114 valence electrons. The van der Waals surface area contributed by atoms with Crippen molar-refractivity contribution in [2.24, 2.45) is 5.92 Å². The van der Waals surface area contributed by atoms with E-state index >= 15 is 0 Å². The summed E-state index contributed by atoms with van der Waals surface area (Å²) in [4.78, 5) is 14.7. The van der Waals surface area contributed by atoms with Crippen molar-refractivity contribution in [2.75, 3.05) is 11.9 Å². The maximum atomic E-state index is 12.5. The fraction of sp³-hybridized carbons (Fsp3) is 0.588. The largest absolute Gasteiger partial charge is 0.392 e. The average molecular weight is 288 g/mol. The van der Waals surface area contributed by atoms with Gasteiger partial charge in [-0.15, -0.1) is 0 Å². The first-order valence-electron chi connectivity index (χ1n) is 7.94. The van der Waals surface area contributed by atoms with Crippen LogP contribution in [0.4, 0.5) is 5.69 Å². The van der Waals surface area contributed by atoms with Crippen LogP contribution in [0.15, 0.2) is 24.3 Å². The number of amides is 1. The van der Waals surface area contributed by atoms with Crippen LogP contribution in [0.2, 0.25) is 0 Å². The number of nitrogens with one attached hydrogen (secondary N) is 1. The molecule has 0 heterocycles. The molecule has 1 unspecified atom stereocenters. The van der Waals surface area contributed by atoms with Crippen molar-refractivity contribution in [3.63, 3.8) is 0 Å². The van der Waals surface area contributed by atoms with Crippen LogP contribution in [-0.2, 0) is 11.4 Å². The number of carbonyl (C=O) groups excluding carboxylic acids is 1. The van der Waals surface area contributed by atoms with E-state index < -0.39 is 0 Å². The van der Waals surface area contributed by atoms with Gasteiger partial charge in [-0.25, -0.2) is 0 Å². The number of anilines is 1. The Morgan fingerprint density at radius 2 is 2.14 bits per heavy atom. The highest BCUT2D eigenvalue weighted by atomic mass is 16.3. The summed E-state index contributed by atoms with van der Waals surface area (Å²) >= 11 is 0. The standard InChI is InChI=1S/C17H24N2O2/c1-12(14-5-6-14)19(16-7-8-16)17(21)10-18-15-4-2-3-13(9-15)11-20/h2-4,9,12,14,16,18,20H,5-8,10-11H2,1H3. The van der Waals surface area contributed by atoms with Crippen molar-refractivity contribution in [3.8, 4) is 0 Å². The second-order valence-electron chi connectivity index (χ2n) is 6.32. The second kappa shape index (κ2) is 6.06. The molecule has 2 N–H and O–H groups in total. The SMILES string of the molecule is CC(C1CC1)N(C(=O)CNc1cccc(CO)c1)C1CC1. The van der Waals surface area contributed by atoms with E-state index in [9.17, 15) is 4.79 Å². The Morgan fingerprint density at radius 1 is 1.38 bits per heavy atom. The van der Waals surface area contributed by atoms with Crippen molar-refractivity contribution in [3.05, 3.63) is 29.8 Å². The minimum Gasteiger partial charge on any atom is -0.392 e. The first kappa shape index (κ1) is 14.4. The van der Waals surface area contributed by atoms with E-state index in [-0.39, 0.29) is 12.5 Å². The average Bonchev–Trinajstić information content (AvgIpc) is 3.38. The molecule has 0 aromatic heterocycles. The molecule has 21 heavy (non-hydrogen) atoms. The highest BCUT2D eigenvalue weighted by molar-refractivity contribution is 5.81. The molecule has 2 aliphatic carbocycles. The number of aliphatic hydroxyl groups is 1. The van der Waals surface area contributed by atoms with Crippen LogP contribution in [0, 0.1) is 5.92 Å². The summed E-state index contributed by atoms with van der Waals surface area (Å²) in [7, 11) is 0. The van der Waals surface area contributed by atoms with E-state index in [4.69, 9.17) is 5.11 Å². The molecule has 2 saturated carbocycles. The van der Waals surface area contributed by atoms with E-state index in [1.54, 1.807) is 0 Å². The summed E-state index contributed by atoms with van der Waals surface area (Å²) in [5, 5.41) is 12.3. The fourth-order valence-electron chi connectivity index (χ4n) is 2.97. The molecule has 1 aromatic rings.